The van der Waals surface area contributed by atoms with Crippen molar-refractivity contribution in [2.24, 2.45) is 0 Å². The molecule has 3 aromatic rings. The van der Waals surface area contributed by atoms with E-state index >= 15 is 0 Å². The fourth-order valence-corrected chi connectivity index (χ4v) is 3.84. The second-order valence-corrected chi connectivity index (χ2v) is 7.67. The molecule has 0 atom stereocenters. The first-order valence-corrected chi connectivity index (χ1v) is 10.5. The smallest absolute Gasteiger partial charge is 0.252 e. The fourth-order valence-electron chi connectivity index (χ4n) is 3.84. The molecule has 0 amide bonds. The van der Waals surface area contributed by atoms with Gasteiger partial charge < -0.3 is 19.7 Å². The van der Waals surface area contributed by atoms with Crippen molar-refractivity contribution in [3.05, 3.63) is 52.1 Å². The molecule has 0 aliphatic carbocycles. The Bertz CT molecular complexity index is 1160. The molecule has 2 aromatic heterocycles. The number of nitrogens with one attached hydrogen (secondary N) is 2. The Morgan fingerprint density at radius 3 is 2.71 bits per heavy atom. The molecule has 1 saturated heterocycles. The maximum Gasteiger partial charge on any atom is 0.252 e. The first-order chi connectivity index (χ1) is 15.2. The number of aromatic nitrogens is 4. The molecular weight excluding hydrogens is 396 g/mol. The summed E-state index contributed by atoms with van der Waals surface area (Å²) in [5.74, 6) is 2.60. The number of anilines is 2. The predicted octanol–water partition coefficient (Wildman–Crippen LogP) is 2.52. The summed E-state index contributed by atoms with van der Waals surface area (Å²) in [6, 6.07) is 7.24. The lowest BCUT2D eigenvalue weighted by molar-refractivity contribution is 0.171. The van der Waals surface area contributed by atoms with Gasteiger partial charge in [-0.05, 0) is 37.5 Å². The van der Waals surface area contributed by atoms with Gasteiger partial charge in [-0.3, -0.25) is 9.78 Å². The fraction of sp³-hybridized carbons (Fsp3) is 0.364. The molecule has 31 heavy (non-hydrogen) atoms. The summed E-state index contributed by atoms with van der Waals surface area (Å²) < 4.78 is 11.2. The molecule has 9 heteroatoms. The lowest BCUT2D eigenvalue weighted by Crippen LogP contribution is -2.21. The Labute approximate surface area is 179 Å². The molecule has 0 saturated carbocycles. The summed E-state index contributed by atoms with van der Waals surface area (Å²) in [4.78, 5) is 30.9. The van der Waals surface area contributed by atoms with Gasteiger partial charge in [0.2, 0.25) is 11.9 Å². The summed E-state index contributed by atoms with van der Waals surface area (Å²) in [5.41, 5.74) is 2.84. The highest BCUT2D eigenvalue weighted by molar-refractivity contribution is 5.62. The zero-order chi connectivity index (χ0) is 21.2. The van der Waals surface area contributed by atoms with Crippen LogP contribution in [0.2, 0.25) is 0 Å². The molecule has 9 nitrogen and oxygen atoms in total. The summed E-state index contributed by atoms with van der Waals surface area (Å²) in [6.07, 6.45) is 4.08. The average molecular weight is 420 g/mol. The van der Waals surface area contributed by atoms with Crippen molar-refractivity contribution in [3.63, 3.8) is 0 Å². The van der Waals surface area contributed by atoms with E-state index in [2.05, 4.69) is 30.2 Å². The van der Waals surface area contributed by atoms with Gasteiger partial charge in [-0.1, -0.05) is 6.07 Å². The summed E-state index contributed by atoms with van der Waals surface area (Å²) in [5, 5.41) is 3.18. The van der Waals surface area contributed by atoms with Gasteiger partial charge in [-0.15, -0.1) is 0 Å². The van der Waals surface area contributed by atoms with Gasteiger partial charge in [-0.25, -0.2) is 15.0 Å². The van der Waals surface area contributed by atoms with Gasteiger partial charge >= 0.3 is 0 Å². The van der Waals surface area contributed by atoms with Gasteiger partial charge in [0.1, 0.15) is 13.2 Å². The minimum atomic E-state index is -0.238. The molecule has 4 heterocycles. The molecule has 1 aromatic carbocycles. The molecule has 1 fully saturated rings. The number of rotatable bonds is 5. The standard InChI is InChI=1S/C22H24N6O3/c1-14-16(13-24-22(25-14)28-6-2-3-7-28)17-11-20(29)27-21(26-17)23-12-15-4-5-18-19(10-15)31-9-8-30-18/h4-5,10-11,13H,2-3,6-9,12H2,1H3,(H2,23,26,27,29). The van der Waals surface area contributed by atoms with Crippen molar-refractivity contribution in [2.45, 2.75) is 26.3 Å². The Morgan fingerprint density at radius 1 is 1.10 bits per heavy atom. The largest absolute Gasteiger partial charge is 0.486 e. The number of benzene rings is 1. The molecule has 5 rings (SSSR count). The molecule has 2 aliphatic heterocycles. The van der Waals surface area contributed by atoms with Crippen LogP contribution in [0.3, 0.4) is 0 Å². The van der Waals surface area contributed by atoms with E-state index in [0.717, 1.165) is 60.2 Å². The topological polar surface area (TPSA) is 105 Å². The second-order valence-electron chi connectivity index (χ2n) is 7.67. The number of hydrogen-bond donors (Lipinski definition) is 2. The molecule has 0 bridgehead atoms. The maximum absolute atomic E-state index is 12.3. The molecule has 0 unspecified atom stereocenters. The van der Waals surface area contributed by atoms with Crippen molar-refractivity contribution in [2.75, 3.05) is 36.5 Å². The van der Waals surface area contributed by atoms with Crippen LogP contribution in [0.1, 0.15) is 24.1 Å². The monoisotopic (exact) mass is 420 g/mol. The maximum atomic E-state index is 12.3. The Morgan fingerprint density at radius 2 is 1.90 bits per heavy atom. The Balaban J connectivity index is 1.35. The summed E-state index contributed by atoms with van der Waals surface area (Å²) in [6.45, 7) is 5.46. The average Bonchev–Trinajstić information content (AvgIpc) is 3.32. The van der Waals surface area contributed by atoms with Crippen molar-refractivity contribution in [1.29, 1.82) is 0 Å². The molecule has 0 spiro atoms. The highest BCUT2D eigenvalue weighted by Gasteiger charge is 2.17. The summed E-state index contributed by atoms with van der Waals surface area (Å²) in [7, 11) is 0. The third-order valence-corrected chi connectivity index (χ3v) is 5.44. The number of H-pyrrole nitrogens is 1. The molecule has 2 N–H and O–H groups in total. The van der Waals surface area contributed by atoms with Crippen LogP contribution >= 0.6 is 0 Å². The third kappa shape index (κ3) is 4.16. The molecule has 160 valence electrons. The van der Waals surface area contributed by atoms with E-state index in [4.69, 9.17) is 9.47 Å². The van der Waals surface area contributed by atoms with Gasteiger partial charge in [-0.2, -0.15) is 0 Å². The van der Waals surface area contributed by atoms with E-state index in [-0.39, 0.29) is 5.56 Å². The first kappa shape index (κ1) is 19.3. The van der Waals surface area contributed by atoms with Crippen LogP contribution in [0.15, 0.2) is 35.3 Å². The highest BCUT2D eigenvalue weighted by atomic mass is 16.6. The minimum Gasteiger partial charge on any atom is -0.486 e. The Kier molecular flexibility index (Phi) is 5.15. The molecule has 0 radical (unpaired) electrons. The number of hydrogen-bond acceptors (Lipinski definition) is 8. The normalized spacial score (nSPS) is 15.2. The molecule has 2 aliphatic rings. The van der Waals surface area contributed by atoms with Crippen molar-refractivity contribution < 1.29 is 9.47 Å². The number of aromatic amines is 1. The Hall–Kier alpha value is -3.62. The summed E-state index contributed by atoms with van der Waals surface area (Å²) >= 11 is 0. The van der Waals surface area contributed by atoms with Gasteiger partial charge in [0.25, 0.3) is 5.56 Å². The van der Waals surface area contributed by atoms with Crippen molar-refractivity contribution in [1.82, 2.24) is 19.9 Å². The molecular formula is C22H24N6O3. The minimum absolute atomic E-state index is 0.238. The highest BCUT2D eigenvalue weighted by Crippen LogP contribution is 2.31. The van der Waals surface area contributed by atoms with E-state index in [1.807, 2.05) is 25.1 Å². The number of aryl methyl sites for hydroxylation is 1. The van der Waals surface area contributed by atoms with Crippen LogP contribution in [0.4, 0.5) is 11.9 Å². The number of nitrogens with zero attached hydrogens (tertiary/aromatic N) is 4. The van der Waals surface area contributed by atoms with Crippen LogP contribution in [0, 0.1) is 6.92 Å². The van der Waals surface area contributed by atoms with Crippen LogP contribution in [0.25, 0.3) is 11.3 Å². The lowest BCUT2D eigenvalue weighted by atomic mass is 10.1. The van der Waals surface area contributed by atoms with Gasteiger partial charge in [0.05, 0.1) is 11.4 Å². The number of fused-ring (bicyclic) bond motifs is 1. The van der Waals surface area contributed by atoms with Gasteiger partial charge in [0, 0.05) is 37.5 Å². The van der Waals surface area contributed by atoms with E-state index < -0.39 is 0 Å². The van der Waals surface area contributed by atoms with E-state index in [9.17, 15) is 4.79 Å². The third-order valence-electron chi connectivity index (χ3n) is 5.44. The van der Waals surface area contributed by atoms with Crippen molar-refractivity contribution >= 4 is 11.9 Å². The van der Waals surface area contributed by atoms with Crippen LogP contribution in [-0.2, 0) is 6.54 Å². The SMILES string of the molecule is Cc1nc(N2CCCC2)ncc1-c1cc(=O)[nH]c(NCc2ccc3c(c2)OCCO3)n1. The van der Waals surface area contributed by atoms with Crippen molar-refractivity contribution in [3.8, 4) is 22.8 Å². The second kappa shape index (κ2) is 8.25. The van der Waals surface area contributed by atoms with Crippen LogP contribution < -0.4 is 25.2 Å². The predicted molar refractivity (Wildman–Crippen MR) is 117 cm³/mol. The number of ether oxygens (including phenoxy) is 2. The first-order valence-electron chi connectivity index (χ1n) is 10.5. The van der Waals surface area contributed by atoms with Gasteiger partial charge in [0.15, 0.2) is 11.5 Å². The quantitative estimate of drug-likeness (QED) is 0.649. The van der Waals surface area contributed by atoms with Crippen LogP contribution in [-0.4, -0.2) is 46.2 Å². The zero-order valence-electron chi connectivity index (χ0n) is 17.4. The van der Waals surface area contributed by atoms with E-state index in [0.29, 0.717) is 31.4 Å². The zero-order valence-corrected chi connectivity index (χ0v) is 17.4. The van der Waals surface area contributed by atoms with E-state index in [1.165, 1.54) is 6.07 Å². The van der Waals surface area contributed by atoms with E-state index in [1.54, 1.807) is 6.20 Å². The van der Waals surface area contributed by atoms with Crippen LogP contribution in [0.5, 0.6) is 11.5 Å². The lowest BCUT2D eigenvalue weighted by Gasteiger charge is -2.19.